The van der Waals surface area contributed by atoms with E-state index in [2.05, 4.69) is 0 Å². The van der Waals surface area contributed by atoms with Crippen molar-refractivity contribution >= 4 is 7.67 Å². The molecule has 0 unspecified atom stereocenters. The Kier molecular flexibility index (Phi) is 5.93. The van der Waals surface area contributed by atoms with Crippen molar-refractivity contribution in [3.8, 4) is 5.95 Å². The first-order valence-corrected chi connectivity index (χ1v) is 7.99. The quantitative estimate of drug-likeness (QED) is 0.679. The van der Waals surface area contributed by atoms with Crippen LogP contribution < -0.4 is 4.52 Å². The van der Waals surface area contributed by atoms with E-state index < -0.39 is 7.67 Å². The predicted molar refractivity (Wildman–Crippen MR) is 72.8 cm³/mol. The molecule has 0 aromatic carbocycles. The fraction of sp³-hybridized carbons (Fsp3) is 0.667. The van der Waals surface area contributed by atoms with Crippen molar-refractivity contribution in [2.45, 2.75) is 27.7 Å². The van der Waals surface area contributed by atoms with Gasteiger partial charge in [-0.3, -0.25) is 0 Å². The van der Waals surface area contributed by atoms with Gasteiger partial charge < -0.3 is 8.94 Å². The van der Waals surface area contributed by atoms with Gasteiger partial charge in [-0.2, -0.15) is 0 Å². The maximum absolute atomic E-state index is 13.2. The Morgan fingerprint density at radius 1 is 1.11 bits per heavy atom. The molecular formula is C12H23N2O3P. The molecule has 0 aliphatic carbocycles. The highest BCUT2D eigenvalue weighted by molar-refractivity contribution is 7.54. The lowest BCUT2D eigenvalue weighted by atomic mass is 10.7. The van der Waals surface area contributed by atoms with Crippen molar-refractivity contribution in [2.24, 2.45) is 0 Å². The highest BCUT2D eigenvalue weighted by atomic mass is 31.2. The standard InChI is InChI=1S/C12H23N2O3P/c1-5-13(6-2)18(15,14(7-3)8-4)17-12-10-9-11-16-12/h9-11H,5-8H2,1-4H3. The van der Waals surface area contributed by atoms with Crippen molar-refractivity contribution in [3.63, 3.8) is 0 Å². The van der Waals surface area contributed by atoms with Gasteiger partial charge in [-0.25, -0.2) is 13.9 Å². The lowest BCUT2D eigenvalue weighted by Crippen LogP contribution is -2.34. The summed E-state index contributed by atoms with van der Waals surface area (Å²) < 4.78 is 27.7. The third kappa shape index (κ3) is 3.16. The summed E-state index contributed by atoms with van der Waals surface area (Å²) in [7, 11) is -3.06. The zero-order valence-electron chi connectivity index (χ0n) is 11.6. The molecule has 0 aliphatic heterocycles. The van der Waals surface area contributed by atoms with Gasteiger partial charge >= 0.3 is 7.67 Å². The van der Waals surface area contributed by atoms with Crippen LogP contribution in [0.15, 0.2) is 22.8 Å². The van der Waals surface area contributed by atoms with Gasteiger partial charge in [0.15, 0.2) is 0 Å². The Labute approximate surface area is 109 Å². The zero-order valence-corrected chi connectivity index (χ0v) is 12.5. The molecule has 104 valence electrons. The van der Waals surface area contributed by atoms with E-state index in [9.17, 15) is 4.57 Å². The molecule has 5 nitrogen and oxygen atoms in total. The van der Waals surface area contributed by atoms with Crippen LogP contribution in [0.5, 0.6) is 5.95 Å². The molecular weight excluding hydrogens is 251 g/mol. The average molecular weight is 274 g/mol. The van der Waals surface area contributed by atoms with E-state index in [1.807, 2.05) is 37.0 Å². The Morgan fingerprint density at radius 2 is 1.61 bits per heavy atom. The van der Waals surface area contributed by atoms with Crippen LogP contribution in [0.25, 0.3) is 0 Å². The molecule has 0 fully saturated rings. The summed E-state index contributed by atoms with van der Waals surface area (Å²) in [6.45, 7) is 10.6. The smallest absolute Gasteiger partial charge is 0.397 e. The van der Waals surface area contributed by atoms with Crippen molar-refractivity contribution in [1.82, 2.24) is 9.34 Å². The maximum Gasteiger partial charge on any atom is 0.397 e. The SMILES string of the molecule is CCN(CC)P(=O)(Oc1ccco1)N(CC)CC. The molecule has 0 saturated heterocycles. The van der Waals surface area contributed by atoms with Crippen molar-refractivity contribution in [1.29, 1.82) is 0 Å². The van der Waals surface area contributed by atoms with E-state index in [4.69, 9.17) is 8.94 Å². The van der Waals surface area contributed by atoms with E-state index in [1.54, 1.807) is 12.1 Å². The fourth-order valence-corrected chi connectivity index (χ4v) is 4.25. The minimum Gasteiger partial charge on any atom is -0.434 e. The van der Waals surface area contributed by atoms with Gasteiger partial charge in [-0.05, 0) is 6.07 Å². The Hall–Kier alpha value is -0.770. The molecule has 0 atom stereocenters. The molecule has 0 amide bonds. The van der Waals surface area contributed by atoms with Crippen LogP contribution in [-0.4, -0.2) is 35.5 Å². The van der Waals surface area contributed by atoms with Crippen LogP contribution in [0.3, 0.4) is 0 Å². The molecule has 6 heteroatoms. The highest BCUT2D eigenvalue weighted by Crippen LogP contribution is 2.53. The van der Waals surface area contributed by atoms with E-state index >= 15 is 0 Å². The van der Waals surface area contributed by atoms with Gasteiger partial charge in [0.25, 0.3) is 5.95 Å². The first kappa shape index (κ1) is 15.3. The van der Waals surface area contributed by atoms with Crippen LogP contribution in [0.4, 0.5) is 0 Å². The molecule has 1 heterocycles. The first-order chi connectivity index (χ1) is 8.62. The van der Waals surface area contributed by atoms with Crippen LogP contribution in [0, 0.1) is 0 Å². The summed E-state index contributed by atoms with van der Waals surface area (Å²) >= 11 is 0. The van der Waals surface area contributed by atoms with Gasteiger partial charge in [0.05, 0.1) is 6.26 Å². The minimum absolute atomic E-state index is 0.303. The van der Waals surface area contributed by atoms with Gasteiger partial charge in [-0.1, -0.05) is 27.7 Å². The Balaban J connectivity index is 3.03. The van der Waals surface area contributed by atoms with Crippen LogP contribution >= 0.6 is 7.67 Å². The van der Waals surface area contributed by atoms with E-state index in [0.717, 1.165) is 0 Å². The molecule has 0 bridgehead atoms. The fourth-order valence-electron chi connectivity index (χ4n) is 1.89. The van der Waals surface area contributed by atoms with Gasteiger partial charge in [-0.15, -0.1) is 0 Å². The Morgan fingerprint density at radius 3 is 1.94 bits per heavy atom. The van der Waals surface area contributed by atoms with Crippen LogP contribution in [0.2, 0.25) is 0 Å². The zero-order chi connectivity index (χ0) is 13.6. The summed E-state index contributed by atoms with van der Waals surface area (Å²) in [6.07, 6.45) is 1.52. The van der Waals surface area contributed by atoms with Crippen LogP contribution in [-0.2, 0) is 4.57 Å². The van der Waals surface area contributed by atoms with Crippen molar-refractivity contribution in [3.05, 3.63) is 18.4 Å². The molecule has 1 rings (SSSR count). The molecule has 0 N–H and O–H groups in total. The normalized spacial score (nSPS) is 12.3. The molecule has 0 aliphatic rings. The summed E-state index contributed by atoms with van der Waals surface area (Å²) in [5.74, 6) is 0.303. The summed E-state index contributed by atoms with van der Waals surface area (Å²) in [6, 6.07) is 3.41. The van der Waals surface area contributed by atoms with E-state index in [0.29, 0.717) is 32.1 Å². The van der Waals surface area contributed by atoms with Crippen molar-refractivity contribution in [2.75, 3.05) is 26.2 Å². The van der Waals surface area contributed by atoms with Crippen LogP contribution in [0.1, 0.15) is 27.7 Å². The van der Waals surface area contributed by atoms with E-state index in [-0.39, 0.29) is 0 Å². The number of hydrogen-bond acceptors (Lipinski definition) is 3. The lowest BCUT2D eigenvalue weighted by molar-refractivity contribution is 0.266. The summed E-state index contributed by atoms with van der Waals surface area (Å²) in [5, 5.41) is 0. The van der Waals surface area contributed by atoms with E-state index in [1.165, 1.54) is 6.26 Å². The molecule has 1 aromatic rings. The molecule has 0 radical (unpaired) electrons. The largest absolute Gasteiger partial charge is 0.434 e. The minimum atomic E-state index is -3.06. The third-order valence-electron chi connectivity index (χ3n) is 2.88. The predicted octanol–water partition coefficient (Wildman–Crippen LogP) is 3.45. The monoisotopic (exact) mass is 274 g/mol. The number of furan rings is 1. The molecule has 0 saturated carbocycles. The topological polar surface area (TPSA) is 45.9 Å². The van der Waals surface area contributed by atoms with Gasteiger partial charge in [0, 0.05) is 32.2 Å². The highest BCUT2D eigenvalue weighted by Gasteiger charge is 2.37. The van der Waals surface area contributed by atoms with Crippen molar-refractivity contribution < 1.29 is 13.5 Å². The van der Waals surface area contributed by atoms with Gasteiger partial charge in [0.1, 0.15) is 0 Å². The third-order valence-corrected chi connectivity index (χ3v) is 5.86. The van der Waals surface area contributed by atoms with Gasteiger partial charge in [0.2, 0.25) is 0 Å². The second-order valence-electron chi connectivity index (χ2n) is 3.79. The average Bonchev–Trinajstić information content (AvgIpc) is 2.84. The summed E-state index contributed by atoms with van der Waals surface area (Å²) in [5.41, 5.74) is 0. The maximum atomic E-state index is 13.2. The molecule has 1 aromatic heterocycles. The second kappa shape index (κ2) is 6.98. The first-order valence-electron chi connectivity index (χ1n) is 6.46. The lowest BCUT2D eigenvalue weighted by Gasteiger charge is -2.35. The number of nitrogens with zero attached hydrogens (tertiary/aromatic N) is 2. The number of hydrogen-bond donors (Lipinski definition) is 0. The molecule has 0 spiro atoms. The number of rotatable bonds is 8. The Bertz CT molecular complexity index is 357. The summed E-state index contributed by atoms with van der Waals surface area (Å²) in [4.78, 5) is 0. The molecule has 18 heavy (non-hydrogen) atoms. The second-order valence-corrected chi connectivity index (χ2v) is 6.09.